The molecule has 1 atom stereocenters. The van der Waals surface area contributed by atoms with Crippen molar-refractivity contribution in [1.29, 1.82) is 0 Å². The highest BCUT2D eigenvalue weighted by Crippen LogP contribution is 2.25. The first-order valence-electron chi connectivity index (χ1n) is 7.95. The number of nitrogens with one attached hydrogen (secondary N) is 2. The van der Waals surface area contributed by atoms with Gasteiger partial charge in [-0.15, -0.1) is 11.3 Å². The maximum absolute atomic E-state index is 5.90. The summed E-state index contributed by atoms with van der Waals surface area (Å²) >= 11 is 1.78. The van der Waals surface area contributed by atoms with Gasteiger partial charge in [-0.3, -0.25) is 0 Å². The molecular weight excluding hydrogens is 308 g/mol. The van der Waals surface area contributed by atoms with Gasteiger partial charge in [0.2, 0.25) is 5.95 Å². The number of nitrogens with two attached hydrogens (primary N) is 1. The van der Waals surface area contributed by atoms with E-state index in [0.29, 0.717) is 12.0 Å². The summed E-state index contributed by atoms with van der Waals surface area (Å²) in [4.78, 5) is 12.4. The van der Waals surface area contributed by atoms with Crippen LogP contribution in [0.25, 0.3) is 0 Å². The molecule has 0 radical (unpaired) electrons. The van der Waals surface area contributed by atoms with Crippen LogP contribution < -0.4 is 16.4 Å². The molecule has 0 amide bonds. The van der Waals surface area contributed by atoms with Crippen LogP contribution in [0.3, 0.4) is 0 Å². The average molecular weight is 332 g/mol. The van der Waals surface area contributed by atoms with Crippen molar-refractivity contribution in [2.45, 2.75) is 18.9 Å². The van der Waals surface area contributed by atoms with Gasteiger partial charge < -0.3 is 21.3 Å². The normalized spacial score (nSPS) is 16.0. The molecule has 23 heavy (non-hydrogen) atoms. The third kappa shape index (κ3) is 3.80. The quantitative estimate of drug-likeness (QED) is 0.770. The molecular formula is C16H24N6S. The standard InChI is InChI=1S/C16H24N6S/c1-22(2)13(14-4-3-9-23-14)10-19-15-11-5-7-18-8-6-12(11)20-16(17)21-15/h3-4,9,13,18H,5-8,10H2,1-2H3,(H3,17,19,20,21)/t13-/m1/s1. The van der Waals surface area contributed by atoms with E-state index in [1.54, 1.807) is 11.3 Å². The third-order valence-electron chi connectivity index (χ3n) is 4.16. The van der Waals surface area contributed by atoms with Gasteiger partial charge in [-0.1, -0.05) is 6.07 Å². The van der Waals surface area contributed by atoms with Gasteiger partial charge in [0.1, 0.15) is 5.82 Å². The summed E-state index contributed by atoms with van der Waals surface area (Å²) in [6.45, 7) is 2.69. The largest absolute Gasteiger partial charge is 0.368 e. The lowest BCUT2D eigenvalue weighted by Gasteiger charge is -2.24. The van der Waals surface area contributed by atoms with Crippen molar-refractivity contribution in [3.8, 4) is 0 Å². The van der Waals surface area contributed by atoms with Crippen molar-refractivity contribution in [2.75, 3.05) is 44.8 Å². The van der Waals surface area contributed by atoms with Crippen LogP contribution in [-0.4, -0.2) is 48.6 Å². The molecule has 1 aliphatic rings. The number of anilines is 2. The van der Waals surface area contributed by atoms with E-state index >= 15 is 0 Å². The van der Waals surface area contributed by atoms with Crippen molar-refractivity contribution in [3.63, 3.8) is 0 Å². The molecule has 7 heteroatoms. The van der Waals surface area contributed by atoms with E-state index in [0.717, 1.165) is 44.0 Å². The van der Waals surface area contributed by atoms with Crippen molar-refractivity contribution in [3.05, 3.63) is 33.6 Å². The van der Waals surface area contributed by atoms with Crippen LogP contribution in [0.4, 0.5) is 11.8 Å². The molecule has 0 aliphatic carbocycles. The van der Waals surface area contributed by atoms with Crippen molar-refractivity contribution < 1.29 is 0 Å². The van der Waals surface area contributed by atoms with Crippen LogP contribution in [0.2, 0.25) is 0 Å². The first-order chi connectivity index (χ1) is 11.1. The first kappa shape index (κ1) is 16.2. The van der Waals surface area contributed by atoms with Crippen molar-refractivity contribution in [2.24, 2.45) is 0 Å². The van der Waals surface area contributed by atoms with Gasteiger partial charge in [0, 0.05) is 30.0 Å². The fourth-order valence-electron chi connectivity index (χ4n) is 2.92. The molecule has 1 aliphatic heterocycles. The van der Waals surface area contributed by atoms with E-state index in [9.17, 15) is 0 Å². The molecule has 2 aromatic rings. The van der Waals surface area contributed by atoms with E-state index in [1.165, 1.54) is 10.4 Å². The van der Waals surface area contributed by atoms with Gasteiger partial charge in [-0.2, -0.15) is 4.98 Å². The molecule has 0 aromatic carbocycles. The highest BCUT2D eigenvalue weighted by Gasteiger charge is 2.19. The van der Waals surface area contributed by atoms with Crippen LogP contribution in [0.5, 0.6) is 0 Å². The summed E-state index contributed by atoms with van der Waals surface area (Å²) in [6, 6.07) is 4.58. The predicted octanol–water partition coefficient (Wildman–Crippen LogP) is 1.52. The summed E-state index contributed by atoms with van der Waals surface area (Å²) in [6.07, 6.45) is 1.84. The third-order valence-corrected chi connectivity index (χ3v) is 5.13. The van der Waals surface area contributed by atoms with Crippen LogP contribution in [0.1, 0.15) is 22.2 Å². The van der Waals surface area contributed by atoms with E-state index in [1.807, 2.05) is 0 Å². The summed E-state index contributed by atoms with van der Waals surface area (Å²) in [5, 5.41) is 9.04. The molecule has 6 nitrogen and oxygen atoms in total. The number of nitrogens with zero attached hydrogens (tertiary/aromatic N) is 3. The predicted molar refractivity (Wildman–Crippen MR) is 96.0 cm³/mol. The van der Waals surface area contributed by atoms with Gasteiger partial charge in [-0.05, 0) is 38.5 Å². The minimum atomic E-state index is 0.311. The molecule has 0 fully saturated rings. The molecule has 124 valence electrons. The Morgan fingerprint density at radius 1 is 1.35 bits per heavy atom. The lowest BCUT2D eigenvalue weighted by atomic mass is 10.1. The number of rotatable bonds is 5. The highest BCUT2D eigenvalue weighted by molar-refractivity contribution is 7.10. The van der Waals surface area contributed by atoms with E-state index in [4.69, 9.17) is 5.73 Å². The average Bonchev–Trinajstić information content (AvgIpc) is 2.92. The van der Waals surface area contributed by atoms with Gasteiger partial charge in [0.25, 0.3) is 0 Å². The molecule has 3 heterocycles. The van der Waals surface area contributed by atoms with Crippen molar-refractivity contribution >= 4 is 23.1 Å². The van der Waals surface area contributed by atoms with Crippen molar-refractivity contribution in [1.82, 2.24) is 20.2 Å². The Kier molecular flexibility index (Phi) is 5.09. The van der Waals surface area contributed by atoms with E-state index in [2.05, 4.69) is 57.1 Å². The Morgan fingerprint density at radius 3 is 2.91 bits per heavy atom. The zero-order chi connectivity index (χ0) is 16.2. The number of hydrogen-bond acceptors (Lipinski definition) is 7. The number of hydrogen-bond donors (Lipinski definition) is 3. The monoisotopic (exact) mass is 332 g/mol. The highest BCUT2D eigenvalue weighted by atomic mass is 32.1. The van der Waals surface area contributed by atoms with Crippen LogP contribution in [0, 0.1) is 0 Å². The van der Waals surface area contributed by atoms with Gasteiger partial charge in [0.15, 0.2) is 0 Å². The van der Waals surface area contributed by atoms with Crippen LogP contribution in [-0.2, 0) is 12.8 Å². The molecule has 3 rings (SSSR count). The van der Waals surface area contributed by atoms with Gasteiger partial charge >= 0.3 is 0 Å². The lowest BCUT2D eigenvalue weighted by Crippen LogP contribution is -2.27. The number of aromatic nitrogens is 2. The summed E-state index contributed by atoms with van der Waals surface area (Å²) in [7, 11) is 4.20. The zero-order valence-corrected chi connectivity index (χ0v) is 14.5. The van der Waals surface area contributed by atoms with Crippen LogP contribution in [0.15, 0.2) is 17.5 Å². The molecule has 0 saturated heterocycles. The van der Waals surface area contributed by atoms with Gasteiger partial charge in [0.05, 0.1) is 11.7 Å². The zero-order valence-electron chi connectivity index (χ0n) is 13.7. The molecule has 0 bridgehead atoms. The Labute approximate surface area is 141 Å². The SMILES string of the molecule is CN(C)[C@H](CNc1nc(N)nc2c1CCNCC2)c1cccs1. The van der Waals surface area contributed by atoms with Crippen LogP contribution >= 0.6 is 11.3 Å². The maximum atomic E-state index is 5.90. The van der Waals surface area contributed by atoms with E-state index in [-0.39, 0.29) is 0 Å². The summed E-state index contributed by atoms with van der Waals surface area (Å²) < 4.78 is 0. The fourth-order valence-corrected chi connectivity index (χ4v) is 3.84. The smallest absolute Gasteiger partial charge is 0.222 e. The fraction of sp³-hybridized carbons (Fsp3) is 0.500. The molecule has 2 aromatic heterocycles. The first-order valence-corrected chi connectivity index (χ1v) is 8.83. The Hall–Kier alpha value is -1.70. The number of thiophene rings is 1. The maximum Gasteiger partial charge on any atom is 0.222 e. The summed E-state index contributed by atoms with van der Waals surface area (Å²) in [5.41, 5.74) is 8.18. The molecule has 0 saturated carbocycles. The van der Waals surface area contributed by atoms with E-state index < -0.39 is 0 Å². The minimum Gasteiger partial charge on any atom is -0.368 e. The second kappa shape index (κ2) is 7.25. The Balaban J connectivity index is 1.81. The number of likely N-dealkylation sites (N-methyl/N-ethyl adjacent to an activating group) is 1. The number of nitrogen functional groups attached to an aromatic ring is 1. The second-order valence-corrected chi connectivity index (χ2v) is 6.96. The molecule has 4 N–H and O–H groups in total. The van der Waals surface area contributed by atoms with Gasteiger partial charge in [-0.25, -0.2) is 4.98 Å². The molecule has 0 spiro atoms. The second-order valence-electron chi connectivity index (χ2n) is 5.98. The lowest BCUT2D eigenvalue weighted by molar-refractivity contribution is 0.316. The Morgan fingerprint density at radius 2 is 2.17 bits per heavy atom. The molecule has 0 unspecified atom stereocenters. The summed E-state index contributed by atoms with van der Waals surface area (Å²) in [5.74, 6) is 1.24. The topological polar surface area (TPSA) is 79.1 Å². The number of fused-ring (bicyclic) bond motifs is 1. The minimum absolute atomic E-state index is 0.311. The Bertz CT molecular complexity index is 640.